The summed E-state index contributed by atoms with van der Waals surface area (Å²) in [5.74, 6) is 1.28. The van der Waals surface area contributed by atoms with E-state index >= 15 is 0 Å². The zero-order chi connectivity index (χ0) is 10.8. The lowest BCUT2D eigenvalue weighted by atomic mass is 10.1. The van der Waals surface area contributed by atoms with Gasteiger partial charge in [0.1, 0.15) is 0 Å². The molecule has 1 fully saturated rings. The second-order valence-corrected chi connectivity index (χ2v) is 4.75. The molecule has 82 valence electrons. The lowest BCUT2D eigenvalue weighted by Crippen LogP contribution is -2.26. The molecule has 3 heteroatoms. The molecule has 1 aliphatic rings. The van der Waals surface area contributed by atoms with Crippen molar-refractivity contribution in [3.05, 3.63) is 24.0 Å². The summed E-state index contributed by atoms with van der Waals surface area (Å²) in [7, 11) is 0. The lowest BCUT2D eigenvalue weighted by molar-refractivity contribution is 0.625. The van der Waals surface area contributed by atoms with Crippen LogP contribution in [0.4, 0.5) is 5.69 Å². The smallest absolute Gasteiger partial charge is 0.0648 e. The highest BCUT2D eigenvalue weighted by atomic mass is 35.5. The lowest BCUT2D eigenvalue weighted by Gasteiger charge is -2.24. The van der Waals surface area contributed by atoms with Crippen LogP contribution in [0, 0.1) is 5.92 Å². The van der Waals surface area contributed by atoms with Crippen molar-refractivity contribution in [3.63, 3.8) is 0 Å². The van der Waals surface area contributed by atoms with Gasteiger partial charge >= 0.3 is 0 Å². The quantitative estimate of drug-likeness (QED) is 0.718. The molecule has 1 aromatic heterocycles. The van der Waals surface area contributed by atoms with E-state index in [4.69, 9.17) is 11.6 Å². The van der Waals surface area contributed by atoms with Crippen molar-refractivity contribution in [2.75, 3.05) is 11.4 Å². The third kappa shape index (κ3) is 2.25. The number of anilines is 1. The standard InChI is InChI=1S/C12H17ClN2/c1-9-5-10(2)15(8-9)12-3-4-14-11(6-12)7-13/h3-4,6,9-10H,5,7-8H2,1-2H3. The largest absolute Gasteiger partial charge is 0.368 e. The van der Waals surface area contributed by atoms with Gasteiger partial charge in [0.05, 0.1) is 11.6 Å². The minimum absolute atomic E-state index is 0.492. The van der Waals surface area contributed by atoms with E-state index < -0.39 is 0 Å². The Bertz CT molecular complexity index is 340. The number of rotatable bonds is 2. The van der Waals surface area contributed by atoms with Crippen molar-refractivity contribution in [2.24, 2.45) is 5.92 Å². The molecule has 2 atom stereocenters. The van der Waals surface area contributed by atoms with E-state index in [0.29, 0.717) is 11.9 Å². The number of alkyl halides is 1. The summed E-state index contributed by atoms with van der Waals surface area (Å²) in [5.41, 5.74) is 2.22. The molecule has 2 heterocycles. The predicted molar refractivity (Wildman–Crippen MR) is 64.4 cm³/mol. The Balaban J connectivity index is 2.21. The normalized spacial score (nSPS) is 25.9. The molecule has 0 N–H and O–H groups in total. The van der Waals surface area contributed by atoms with Crippen molar-refractivity contribution in [1.82, 2.24) is 4.98 Å². The summed E-state index contributed by atoms with van der Waals surface area (Å²) >= 11 is 5.79. The second-order valence-electron chi connectivity index (χ2n) is 4.48. The Hall–Kier alpha value is -0.760. The van der Waals surface area contributed by atoms with Crippen molar-refractivity contribution in [1.29, 1.82) is 0 Å². The summed E-state index contributed by atoms with van der Waals surface area (Å²) in [5, 5.41) is 0. The molecular weight excluding hydrogens is 208 g/mol. The van der Waals surface area contributed by atoms with E-state index in [1.165, 1.54) is 12.1 Å². The first-order valence-electron chi connectivity index (χ1n) is 5.48. The first kappa shape index (κ1) is 10.7. The average Bonchev–Trinajstić information content (AvgIpc) is 2.58. The van der Waals surface area contributed by atoms with Crippen LogP contribution < -0.4 is 4.90 Å². The number of hydrogen-bond acceptors (Lipinski definition) is 2. The molecule has 0 bridgehead atoms. The predicted octanol–water partition coefficient (Wildman–Crippen LogP) is 3.06. The van der Waals surface area contributed by atoms with Crippen LogP contribution in [0.3, 0.4) is 0 Å². The molecule has 1 aromatic rings. The molecule has 0 aromatic carbocycles. The van der Waals surface area contributed by atoms with Gasteiger partial charge in [0.2, 0.25) is 0 Å². The molecule has 1 aliphatic heterocycles. The zero-order valence-corrected chi connectivity index (χ0v) is 10.0. The van der Waals surface area contributed by atoms with Crippen LogP contribution >= 0.6 is 11.6 Å². The number of pyridine rings is 1. The van der Waals surface area contributed by atoms with Crippen molar-refractivity contribution < 1.29 is 0 Å². The van der Waals surface area contributed by atoms with Crippen molar-refractivity contribution in [3.8, 4) is 0 Å². The molecule has 0 amide bonds. The number of nitrogens with zero attached hydrogens (tertiary/aromatic N) is 2. The van der Waals surface area contributed by atoms with Crippen LogP contribution in [-0.2, 0) is 5.88 Å². The summed E-state index contributed by atoms with van der Waals surface area (Å²) in [6.45, 7) is 5.73. The van der Waals surface area contributed by atoms with Gasteiger partial charge in [-0.3, -0.25) is 4.98 Å². The molecule has 0 radical (unpaired) electrons. The first-order valence-corrected chi connectivity index (χ1v) is 6.01. The molecule has 15 heavy (non-hydrogen) atoms. The maximum absolute atomic E-state index is 5.79. The second kappa shape index (κ2) is 4.40. The van der Waals surface area contributed by atoms with Crippen LogP contribution in [0.1, 0.15) is 26.0 Å². The van der Waals surface area contributed by atoms with Gasteiger partial charge in [-0.15, -0.1) is 11.6 Å². The summed E-state index contributed by atoms with van der Waals surface area (Å²) in [6, 6.07) is 4.80. The Kier molecular flexibility index (Phi) is 3.15. The molecule has 0 spiro atoms. The fourth-order valence-corrected chi connectivity index (χ4v) is 2.52. The monoisotopic (exact) mass is 224 g/mol. The highest BCUT2D eigenvalue weighted by molar-refractivity contribution is 6.16. The van der Waals surface area contributed by atoms with Gasteiger partial charge in [0.15, 0.2) is 0 Å². The van der Waals surface area contributed by atoms with Gasteiger partial charge in [0.25, 0.3) is 0 Å². The van der Waals surface area contributed by atoms with Gasteiger partial charge in [-0.25, -0.2) is 0 Å². The van der Waals surface area contributed by atoms with Gasteiger partial charge in [-0.05, 0) is 31.4 Å². The van der Waals surface area contributed by atoms with Gasteiger partial charge in [-0.2, -0.15) is 0 Å². The minimum Gasteiger partial charge on any atom is -0.368 e. The van der Waals surface area contributed by atoms with E-state index in [1.807, 2.05) is 6.20 Å². The Morgan fingerprint density at radius 1 is 1.53 bits per heavy atom. The summed E-state index contributed by atoms with van der Waals surface area (Å²) in [6.07, 6.45) is 3.13. The van der Waals surface area contributed by atoms with E-state index in [-0.39, 0.29) is 0 Å². The third-order valence-electron chi connectivity index (χ3n) is 3.05. The molecule has 2 unspecified atom stereocenters. The number of hydrogen-bond donors (Lipinski definition) is 0. The van der Waals surface area contributed by atoms with E-state index in [9.17, 15) is 0 Å². The molecule has 0 aliphatic carbocycles. The fourth-order valence-electron chi connectivity index (χ4n) is 2.38. The SMILES string of the molecule is CC1CC(C)N(c2ccnc(CCl)c2)C1. The zero-order valence-electron chi connectivity index (χ0n) is 9.28. The Morgan fingerprint density at radius 2 is 2.33 bits per heavy atom. The van der Waals surface area contributed by atoms with E-state index in [0.717, 1.165) is 18.2 Å². The Labute approximate surface area is 96.3 Å². The number of halogens is 1. The van der Waals surface area contributed by atoms with Crippen LogP contribution in [-0.4, -0.2) is 17.6 Å². The van der Waals surface area contributed by atoms with Crippen LogP contribution in [0.25, 0.3) is 0 Å². The van der Waals surface area contributed by atoms with Gasteiger partial charge in [0, 0.05) is 24.5 Å². The van der Waals surface area contributed by atoms with Crippen molar-refractivity contribution >= 4 is 17.3 Å². The highest BCUT2D eigenvalue weighted by Gasteiger charge is 2.26. The maximum Gasteiger partial charge on any atom is 0.0648 e. The summed E-state index contributed by atoms with van der Waals surface area (Å²) in [4.78, 5) is 6.66. The number of aromatic nitrogens is 1. The first-order chi connectivity index (χ1) is 7.20. The molecule has 0 saturated carbocycles. The molecule has 2 nitrogen and oxygen atoms in total. The summed E-state index contributed by atoms with van der Waals surface area (Å²) < 4.78 is 0. The van der Waals surface area contributed by atoms with Crippen LogP contribution in [0.5, 0.6) is 0 Å². The van der Waals surface area contributed by atoms with Gasteiger partial charge < -0.3 is 4.90 Å². The molecule has 2 rings (SSSR count). The highest BCUT2D eigenvalue weighted by Crippen LogP contribution is 2.28. The van der Waals surface area contributed by atoms with Gasteiger partial charge in [-0.1, -0.05) is 6.92 Å². The topological polar surface area (TPSA) is 16.1 Å². The van der Waals surface area contributed by atoms with E-state index in [1.54, 1.807) is 0 Å². The third-order valence-corrected chi connectivity index (χ3v) is 3.33. The Morgan fingerprint density at radius 3 is 2.93 bits per heavy atom. The van der Waals surface area contributed by atoms with E-state index in [2.05, 4.69) is 35.9 Å². The van der Waals surface area contributed by atoms with Crippen LogP contribution in [0.2, 0.25) is 0 Å². The fraction of sp³-hybridized carbons (Fsp3) is 0.583. The van der Waals surface area contributed by atoms with Crippen molar-refractivity contribution in [2.45, 2.75) is 32.2 Å². The molecule has 1 saturated heterocycles. The van der Waals surface area contributed by atoms with Crippen LogP contribution in [0.15, 0.2) is 18.3 Å². The minimum atomic E-state index is 0.492. The average molecular weight is 225 g/mol. The molecular formula is C12H17ClN2. The maximum atomic E-state index is 5.79.